The summed E-state index contributed by atoms with van der Waals surface area (Å²) < 4.78 is 1.03. The lowest BCUT2D eigenvalue weighted by Crippen LogP contribution is -1.96. The van der Waals surface area contributed by atoms with E-state index in [2.05, 4.69) is 33.4 Å². The van der Waals surface area contributed by atoms with Gasteiger partial charge in [0, 0.05) is 15.2 Å². The number of benzene rings is 2. The molecule has 3 N–H and O–H groups in total. The van der Waals surface area contributed by atoms with Gasteiger partial charge >= 0.3 is 0 Å². The molecule has 0 aliphatic carbocycles. The number of nitrogens with two attached hydrogens (primary N) is 1. The number of hydrogen-bond acceptors (Lipinski definition) is 2. The fraction of sp³-hybridized carbons (Fsp3) is 0.0769. The second-order valence-electron chi connectivity index (χ2n) is 3.87. The number of hydrogen-bond donors (Lipinski definition) is 2. The lowest BCUT2D eigenvalue weighted by atomic mass is 10.2. The maximum absolute atomic E-state index is 5.89. The Bertz CT molecular complexity index is 535. The molecule has 0 aliphatic heterocycles. The molecule has 17 heavy (non-hydrogen) atoms. The van der Waals surface area contributed by atoms with E-state index in [1.54, 1.807) is 6.07 Å². The fourth-order valence-electron chi connectivity index (χ4n) is 1.61. The van der Waals surface area contributed by atoms with Crippen molar-refractivity contribution in [3.8, 4) is 0 Å². The van der Waals surface area contributed by atoms with Crippen LogP contribution >= 0.6 is 27.5 Å². The highest BCUT2D eigenvalue weighted by molar-refractivity contribution is 9.10. The number of halogens is 2. The third kappa shape index (κ3) is 3.14. The molecule has 2 nitrogen and oxygen atoms in total. The Morgan fingerprint density at radius 2 is 1.94 bits per heavy atom. The molecule has 0 amide bonds. The Balaban J connectivity index is 2.31. The zero-order valence-corrected chi connectivity index (χ0v) is 11.6. The minimum Gasteiger partial charge on any atom is -0.397 e. The summed E-state index contributed by atoms with van der Waals surface area (Å²) in [7, 11) is 0. The lowest BCUT2D eigenvalue weighted by Gasteiger charge is -2.10. The molecule has 2 rings (SSSR count). The molecule has 0 spiro atoms. The average molecular weight is 312 g/mol. The second-order valence-corrected chi connectivity index (χ2v) is 5.23. The van der Waals surface area contributed by atoms with Crippen molar-refractivity contribution < 1.29 is 0 Å². The smallest absolute Gasteiger partial charge is 0.0618 e. The van der Waals surface area contributed by atoms with E-state index in [1.807, 2.05) is 25.1 Å². The van der Waals surface area contributed by atoms with Crippen LogP contribution in [-0.2, 0) is 0 Å². The fourth-order valence-corrected chi connectivity index (χ4v) is 2.40. The summed E-state index contributed by atoms with van der Waals surface area (Å²) in [4.78, 5) is 0. The van der Waals surface area contributed by atoms with Crippen LogP contribution < -0.4 is 11.1 Å². The highest BCUT2D eigenvalue weighted by Gasteiger charge is 2.02. The van der Waals surface area contributed by atoms with Crippen molar-refractivity contribution in [3.63, 3.8) is 0 Å². The number of nitrogens with one attached hydrogen (secondary N) is 1. The van der Waals surface area contributed by atoms with Crippen LogP contribution in [0.4, 0.5) is 17.1 Å². The molecule has 0 saturated heterocycles. The maximum atomic E-state index is 5.89. The predicted octanol–water partition coefficient (Wildman–Crippen LogP) is 4.74. The Labute approximate surface area is 114 Å². The molecule has 0 aromatic heterocycles. The van der Waals surface area contributed by atoms with Crippen LogP contribution in [0.25, 0.3) is 0 Å². The van der Waals surface area contributed by atoms with Gasteiger partial charge in [0.05, 0.1) is 11.4 Å². The Morgan fingerprint density at radius 3 is 2.59 bits per heavy atom. The highest BCUT2D eigenvalue weighted by atomic mass is 79.9. The molecule has 2 aromatic carbocycles. The van der Waals surface area contributed by atoms with E-state index in [4.69, 9.17) is 17.3 Å². The molecular weight excluding hydrogens is 300 g/mol. The first-order chi connectivity index (χ1) is 8.04. The van der Waals surface area contributed by atoms with E-state index in [0.29, 0.717) is 10.7 Å². The summed E-state index contributed by atoms with van der Waals surface area (Å²) in [6.45, 7) is 2.04. The Kier molecular flexibility index (Phi) is 3.60. The monoisotopic (exact) mass is 310 g/mol. The van der Waals surface area contributed by atoms with Gasteiger partial charge in [-0.3, -0.25) is 0 Å². The molecule has 0 atom stereocenters. The van der Waals surface area contributed by atoms with Crippen molar-refractivity contribution in [2.45, 2.75) is 6.92 Å². The summed E-state index contributed by atoms with van der Waals surface area (Å²) >= 11 is 9.32. The summed E-state index contributed by atoms with van der Waals surface area (Å²) in [5, 5.41) is 3.90. The lowest BCUT2D eigenvalue weighted by molar-refractivity contribution is 1.43. The molecule has 0 fully saturated rings. The van der Waals surface area contributed by atoms with Gasteiger partial charge in [-0.05, 0) is 48.9 Å². The van der Waals surface area contributed by atoms with Crippen LogP contribution in [-0.4, -0.2) is 0 Å². The van der Waals surface area contributed by atoms with Gasteiger partial charge in [-0.1, -0.05) is 27.5 Å². The SMILES string of the molecule is Cc1cc(Br)cc(Nc2ccc(Cl)cc2N)c1. The van der Waals surface area contributed by atoms with Crippen molar-refractivity contribution >= 4 is 44.6 Å². The van der Waals surface area contributed by atoms with Gasteiger partial charge in [-0.15, -0.1) is 0 Å². The van der Waals surface area contributed by atoms with Gasteiger partial charge in [0.1, 0.15) is 0 Å². The summed E-state index contributed by atoms with van der Waals surface area (Å²) in [6, 6.07) is 11.5. The van der Waals surface area contributed by atoms with Crippen LogP contribution in [0.15, 0.2) is 40.9 Å². The Morgan fingerprint density at radius 1 is 1.18 bits per heavy atom. The van der Waals surface area contributed by atoms with Crippen molar-refractivity contribution in [2.24, 2.45) is 0 Å². The number of rotatable bonds is 2. The molecule has 0 heterocycles. The molecule has 0 saturated carbocycles. The summed E-state index contributed by atoms with van der Waals surface area (Å²) in [5.74, 6) is 0. The number of aryl methyl sites for hydroxylation is 1. The van der Waals surface area contributed by atoms with Crippen LogP contribution in [0.5, 0.6) is 0 Å². The van der Waals surface area contributed by atoms with E-state index >= 15 is 0 Å². The predicted molar refractivity (Wildman–Crippen MR) is 78.0 cm³/mol. The van der Waals surface area contributed by atoms with Gasteiger partial charge < -0.3 is 11.1 Å². The van der Waals surface area contributed by atoms with Crippen molar-refractivity contribution in [3.05, 3.63) is 51.5 Å². The molecule has 0 radical (unpaired) electrons. The normalized spacial score (nSPS) is 10.3. The van der Waals surface area contributed by atoms with E-state index in [1.165, 1.54) is 5.56 Å². The molecule has 88 valence electrons. The molecule has 4 heteroatoms. The van der Waals surface area contributed by atoms with E-state index in [0.717, 1.165) is 15.8 Å². The van der Waals surface area contributed by atoms with Gasteiger partial charge in [0.2, 0.25) is 0 Å². The first-order valence-corrected chi connectivity index (χ1v) is 6.31. The first kappa shape index (κ1) is 12.3. The minimum absolute atomic E-state index is 0.634. The Hall–Kier alpha value is -1.19. The largest absolute Gasteiger partial charge is 0.397 e. The van der Waals surface area contributed by atoms with Crippen LogP contribution in [0.2, 0.25) is 5.02 Å². The maximum Gasteiger partial charge on any atom is 0.0618 e. The third-order valence-corrected chi connectivity index (χ3v) is 3.03. The standard InChI is InChI=1S/C13H12BrClN2/c1-8-4-9(14)6-11(5-8)17-13-3-2-10(15)7-12(13)16/h2-7,17H,16H2,1H3. The molecule has 2 aromatic rings. The van der Waals surface area contributed by atoms with Gasteiger partial charge in [0.15, 0.2) is 0 Å². The van der Waals surface area contributed by atoms with Crippen molar-refractivity contribution in [1.82, 2.24) is 0 Å². The van der Waals surface area contributed by atoms with Gasteiger partial charge in [0.25, 0.3) is 0 Å². The average Bonchev–Trinajstić information content (AvgIpc) is 2.21. The summed E-state index contributed by atoms with van der Waals surface area (Å²) in [6.07, 6.45) is 0. The van der Waals surface area contributed by atoms with Crippen molar-refractivity contribution in [2.75, 3.05) is 11.1 Å². The zero-order valence-electron chi connectivity index (χ0n) is 9.30. The molecule has 0 bridgehead atoms. The second kappa shape index (κ2) is 4.98. The van der Waals surface area contributed by atoms with Crippen LogP contribution in [0.3, 0.4) is 0 Å². The highest BCUT2D eigenvalue weighted by Crippen LogP contribution is 2.28. The van der Waals surface area contributed by atoms with Crippen molar-refractivity contribution in [1.29, 1.82) is 0 Å². The number of anilines is 3. The molecular formula is C13H12BrClN2. The van der Waals surface area contributed by atoms with Gasteiger partial charge in [-0.25, -0.2) is 0 Å². The van der Waals surface area contributed by atoms with Crippen LogP contribution in [0, 0.1) is 6.92 Å². The first-order valence-electron chi connectivity index (χ1n) is 5.14. The van der Waals surface area contributed by atoms with E-state index in [-0.39, 0.29) is 0 Å². The number of nitrogen functional groups attached to an aromatic ring is 1. The quantitative estimate of drug-likeness (QED) is 0.786. The zero-order chi connectivity index (χ0) is 12.4. The summed E-state index contributed by atoms with van der Waals surface area (Å²) in [5.41, 5.74) is 9.54. The van der Waals surface area contributed by atoms with E-state index in [9.17, 15) is 0 Å². The van der Waals surface area contributed by atoms with E-state index < -0.39 is 0 Å². The van der Waals surface area contributed by atoms with Crippen LogP contribution in [0.1, 0.15) is 5.56 Å². The van der Waals surface area contributed by atoms with Gasteiger partial charge in [-0.2, -0.15) is 0 Å². The topological polar surface area (TPSA) is 38.0 Å². The molecule has 0 unspecified atom stereocenters. The third-order valence-electron chi connectivity index (χ3n) is 2.33. The molecule has 0 aliphatic rings. The minimum atomic E-state index is 0.634.